The van der Waals surface area contributed by atoms with E-state index in [9.17, 15) is 0 Å². The fraction of sp³-hybridized carbons (Fsp3) is 0.684. The van der Waals surface area contributed by atoms with Gasteiger partial charge in [0.15, 0.2) is 0 Å². The number of hydrogen-bond donors (Lipinski definition) is 1. The lowest BCUT2D eigenvalue weighted by atomic mass is 9.89. The third kappa shape index (κ3) is 6.34. The molecule has 1 aromatic carbocycles. The lowest BCUT2D eigenvalue weighted by molar-refractivity contribution is 0.162. The molecule has 1 heterocycles. The molecule has 0 spiro atoms. The van der Waals surface area contributed by atoms with Crippen LogP contribution in [0.1, 0.15) is 44.9 Å². The molecule has 2 aliphatic rings. The zero-order chi connectivity index (χ0) is 15.2. The molecule has 0 radical (unpaired) electrons. The van der Waals surface area contributed by atoms with Crippen LogP contribution in [0.4, 0.5) is 5.69 Å². The summed E-state index contributed by atoms with van der Waals surface area (Å²) in [5.74, 6) is 1.89. The number of nitrogens with one attached hydrogen (secondary N) is 1. The van der Waals surface area contributed by atoms with E-state index in [4.69, 9.17) is 4.74 Å². The predicted octanol–water partition coefficient (Wildman–Crippen LogP) is 4.68. The van der Waals surface area contributed by atoms with E-state index >= 15 is 0 Å². The highest BCUT2D eigenvalue weighted by atomic mass is 35.5. The standard InChI is InChI=1S/C19H30N2O.2ClH/c1-21(15-16-5-3-2-4-6-16)17-7-9-18(10-8-17)22-19-11-13-20-14-12-19;;/h7-10,16,19-20H,2-6,11-15H2,1H3;2*1H. The van der Waals surface area contributed by atoms with Gasteiger partial charge in [0.05, 0.1) is 0 Å². The molecule has 1 saturated heterocycles. The number of rotatable bonds is 5. The largest absolute Gasteiger partial charge is 0.490 e. The van der Waals surface area contributed by atoms with Crippen LogP contribution >= 0.6 is 24.8 Å². The summed E-state index contributed by atoms with van der Waals surface area (Å²) in [4.78, 5) is 2.41. The normalized spacial score (nSPS) is 19.0. The second kappa shape index (κ2) is 11.1. The molecule has 2 fully saturated rings. The highest BCUT2D eigenvalue weighted by Gasteiger charge is 2.16. The van der Waals surface area contributed by atoms with Crippen LogP contribution in [-0.4, -0.2) is 32.8 Å². The quantitative estimate of drug-likeness (QED) is 0.809. The summed E-state index contributed by atoms with van der Waals surface area (Å²) in [7, 11) is 2.22. The van der Waals surface area contributed by atoms with Crippen LogP contribution in [0.25, 0.3) is 0 Å². The van der Waals surface area contributed by atoms with Crippen LogP contribution in [0.3, 0.4) is 0 Å². The molecule has 1 aromatic rings. The highest BCUT2D eigenvalue weighted by Crippen LogP contribution is 2.27. The van der Waals surface area contributed by atoms with Crippen molar-refractivity contribution in [2.45, 2.75) is 51.0 Å². The topological polar surface area (TPSA) is 24.5 Å². The van der Waals surface area contributed by atoms with Crippen molar-refractivity contribution < 1.29 is 4.74 Å². The number of anilines is 1. The Kier molecular flexibility index (Phi) is 9.87. The van der Waals surface area contributed by atoms with E-state index in [1.165, 1.54) is 44.3 Å². The molecule has 3 rings (SSSR count). The van der Waals surface area contributed by atoms with Gasteiger partial charge in [0.2, 0.25) is 0 Å². The molecule has 5 heteroatoms. The molecule has 0 atom stereocenters. The third-order valence-corrected chi connectivity index (χ3v) is 5.12. The van der Waals surface area contributed by atoms with Crippen molar-refractivity contribution in [3.05, 3.63) is 24.3 Å². The van der Waals surface area contributed by atoms with Crippen LogP contribution in [-0.2, 0) is 0 Å². The van der Waals surface area contributed by atoms with E-state index < -0.39 is 0 Å². The van der Waals surface area contributed by atoms with E-state index in [2.05, 4.69) is 41.5 Å². The second-order valence-corrected chi connectivity index (χ2v) is 6.95. The van der Waals surface area contributed by atoms with E-state index in [-0.39, 0.29) is 24.8 Å². The van der Waals surface area contributed by atoms with Crippen LogP contribution < -0.4 is 15.0 Å². The van der Waals surface area contributed by atoms with Gasteiger partial charge in [-0.3, -0.25) is 0 Å². The Morgan fingerprint density at radius 2 is 1.58 bits per heavy atom. The Morgan fingerprint density at radius 1 is 0.958 bits per heavy atom. The Hall–Kier alpha value is -0.640. The molecule has 0 aromatic heterocycles. The molecule has 138 valence electrons. The molecule has 1 saturated carbocycles. The van der Waals surface area contributed by atoms with Crippen LogP contribution in [0.15, 0.2) is 24.3 Å². The molecule has 1 aliphatic carbocycles. The molecule has 3 nitrogen and oxygen atoms in total. The fourth-order valence-corrected chi connectivity index (χ4v) is 3.75. The number of hydrogen-bond acceptors (Lipinski definition) is 3. The Labute approximate surface area is 159 Å². The third-order valence-electron chi connectivity index (χ3n) is 5.12. The monoisotopic (exact) mass is 374 g/mol. The van der Waals surface area contributed by atoms with Crippen molar-refractivity contribution in [1.29, 1.82) is 0 Å². The number of halogens is 2. The van der Waals surface area contributed by atoms with Gasteiger partial charge in [-0.15, -0.1) is 24.8 Å². The summed E-state index contributed by atoms with van der Waals surface area (Å²) >= 11 is 0. The maximum atomic E-state index is 6.08. The highest BCUT2D eigenvalue weighted by molar-refractivity contribution is 5.85. The fourth-order valence-electron chi connectivity index (χ4n) is 3.75. The maximum Gasteiger partial charge on any atom is 0.119 e. The van der Waals surface area contributed by atoms with Crippen molar-refractivity contribution in [2.24, 2.45) is 5.92 Å². The van der Waals surface area contributed by atoms with Gasteiger partial charge in [0.1, 0.15) is 11.9 Å². The van der Waals surface area contributed by atoms with E-state index in [1.54, 1.807) is 0 Å². The number of piperidine rings is 1. The van der Waals surface area contributed by atoms with E-state index in [0.29, 0.717) is 6.10 Å². The average molecular weight is 375 g/mol. The first kappa shape index (κ1) is 21.4. The van der Waals surface area contributed by atoms with Crippen molar-refractivity contribution >= 4 is 30.5 Å². The first-order valence-corrected chi connectivity index (χ1v) is 9.00. The Morgan fingerprint density at radius 3 is 2.21 bits per heavy atom. The zero-order valence-electron chi connectivity index (χ0n) is 14.7. The molecule has 0 bridgehead atoms. The molecule has 1 aliphatic heterocycles. The Balaban J connectivity index is 0.00000144. The van der Waals surface area contributed by atoms with Crippen LogP contribution in [0.5, 0.6) is 5.75 Å². The van der Waals surface area contributed by atoms with Gasteiger partial charge < -0.3 is 15.0 Å². The van der Waals surface area contributed by atoms with Gasteiger partial charge >= 0.3 is 0 Å². The molecule has 0 unspecified atom stereocenters. The Bertz CT molecular complexity index is 443. The minimum absolute atomic E-state index is 0. The summed E-state index contributed by atoms with van der Waals surface area (Å²) in [6, 6.07) is 8.68. The number of ether oxygens (including phenoxy) is 1. The summed E-state index contributed by atoms with van der Waals surface area (Å²) in [5, 5.41) is 3.38. The smallest absolute Gasteiger partial charge is 0.119 e. The molecular formula is C19H32Cl2N2O. The summed E-state index contributed by atoms with van der Waals surface area (Å²) in [6.45, 7) is 3.34. The van der Waals surface area contributed by atoms with Crippen LogP contribution in [0, 0.1) is 5.92 Å². The van der Waals surface area contributed by atoms with E-state index in [0.717, 1.165) is 37.6 Å². The lowest BCUT2D eigenvalue weighted by Gasteiger charge is -2.28. The predicted molar refractivity (Wildman–Crippen MR) is 107 cm³/mol. The van der Waals surface area contributed by atoms with Crippen molar-refractivity contribution in [1.82, 2.24) is 5.32 Å². The van der Waals surface area contributed by atoms with Gasteiger partial charge in [0, 0.05) is 19.3 Å². The first-order chi connectivity index (χ1) is 10.8. The van der Waals surface area contributed by atoms with Gasteiger partial charge in [-0.25, -0.2) is 0 Å². The second-order valence-electron chi connectivity index (χ2n) is 6.95. The summed E-state index contributed by atoms with van der Waals surface area (Å²) < 4.78 is 6.08. The SMILES string of the molecule is CN(CC1CCCCC1)c1ccc(OC2CCNCC2)cc1.Cl.Cl. The van der Waals surface area contributed by atoms with Gasteiger partial charge in [-0.05, 0) is 69.0 Å². The molecule has 24 heavy (non-hydrogen) atoms. The summed E-state index contributed by atoms with van der Waals surface area (Å²) in [6.07, 6.45) is 9.69. The lowest BCUT2D eigenvalue weighted by Crippen LogP contribution is -2.34. The first-order valence-electron chi connectivity index (χ1n) is 9.00. The van der Waals surface area contributed by atoms with Crippen LogP contribution in [0.2, 0.25) is 0 Å². The van der Waals surface area contributed by atoms with Gasteiger partial charge in [-0.1, -0.05) is 19.3 Å². The van der Waals surface area contributed by atoms with E-state index in [1.807, 2.05) is 0 Å². The molecule has 0 amide bonds. The molecule has 1 N–H and O–H groups in total. The van der Waals surface area contributed by atoms with Gasteiger partial charge in [-0.2, -0.15) is 0 Å². The van der Waals surface area contributed by atoms with Crippen molar-refractivity contribution in [3.63, 3.8) is 0 Å². The minimum atomic E-state index is 0. The molecular weight excluding hydrogens is 343 g/mol. The number of benzene rings is 1. The number of nitrogens with zero attached hydrogens (tertiary/aromatic N) is 1. The van der Waals surface area contributed by atoms with Crippen molar-refractivity contribution in [2.75, 3.05) is 31.6 Å². The van der Waals surface area contributed by atoms with Crippen molar-refractivity contribution in [3.8, 4) is 5.75 Å². The zero-order valence-corrected chi connectivity index (χ0v) is 16.3. The summed E-state index contributed by atoms with van der Waals surface area (Å²) in [5.41, 5.74) is 1.31. The minimum Gasteiger partial charge on any atom is -0.490 e. The average Bonchev–Trinajstić information content (AvgIpc) is 2.57. The van der Waals surface area contributed by atoms with Gasteiger partial charge in [0.25, 0.3) is 0 Å². The maximum absolute atomic E-state index is 6.08.